The van der Waals surface area contributed by atoms with Crippen LogP contribution in [0.1, 0.15) is 10.4 Å². The Kier molecular flexibility index (Phi) is 2.75. The highest BCUT2D eigenvalue weighted by atomic mass is 35.5. The molecule has 1 aromatic carbocycles. The zero-order chi connectivity index (χ0) is 10.0. The number of hydroxylamine groups is 1. The van der Waals surface area contributed by atoms with E-state index in [1.807, 2.05) is 0 Å². The number of carbonyl (C=O) groups excluding carboxylic acids is 1. The number of hydrogen-bond acceptors (Lipinski definition) is 3. The third-order valence-electron chi connectivity index (χ3n) is 1.58. The van der Waals surface area contributed by atoms with E-state index in [2.05, 4.69) is 0 Å². The van der Waals surface area contributed by atoms with E-state index in [0.29, 0.717) is 0 Å². The van der Waals surface area contributed by atoms with Crippen molar-refractivity contribution in [2.75, 3.05) is 12.1 Å². The topological polar surface area (TPSA) is 66.6 Å². The monoisotopic (exact) mass is 200 g/mol. The van der Waals surface area contributed by atoms with Gasteiger partial charge in [0.25, 0.3) is 5.91 Å². The van der Waals surface area contributed by atoms with E-state index < -0.39 is 5.91 Å². The maximum atomic E-state index is 10.9. The lowest BCUT2D eigenvalue weighted by Crippen LogP contribution is -2.19. The van der Waals surface area contributed by atoms with Gasteiger partial charge in [-0.25, -0.2) is 0 Å². The van der Waals surface area contributed by atoms with Gasteiger partial charge in [0.15, 0.2) is 0 Å². The molecule has 0 bridgehead atoms. The van der Waals surface area contributed by atoms with Crippen LogP contribution in [0.5, 0.6) is 0 Å². The Labute approximate surface area is 80.5 Å². The SMILES string of the molecule is CN(O)c1c(Cl)cccc1C(N)=O. The molecule has 4 nitrogen and oxygen atoms in total. The predicted octanol–water partition coefficient (Wildman–Crippen LogP) is 1.26. The van der Waals surface area contributed by atoms with E-state index in [1.54, 1.807) is 12.1 Å². The summed E-state index contributed by atoms with van der Waals surface area (Å²) >= 11 is 5.76. The number of primary amides is 1. The maximum Gasteiger partial charge on any atom is 0.250 e. The molecule has 0 heterocycles. The van der Waals surface area contributed by atoms with Crippen molar-refractivity contribution in [1.29, 1.82) is 0 Å². The van der Waals surface area contributed by atoms with Crippen molar-refractivity contribution < 1.29 is 10.0 Å². The summed E-state index contributed by atoms with van der Waals surface area (Å²) in [6.07, 6.45) is 0. The van der Waals surface area contributed by atoms with Gasteiger partial charge in [-0.1, -0.05) is 17.7 Å². The van der Waals surface area contributed by atoms with E-state index in [-0.39, 0.29) is 16.3 Å². The number of rotatable bonds is 2. The number of halogens is 1. The average Bonchev–Trinajstić information content (AvgIpc) is 2.02. The molecule has 0 unspecified atom stereocenters. The highest BCUT2D eigenvalue weighted by Crippen LogP contribution is 2.27. The smallest absolute Gasteiger partial charge is 0.250 e. The van der Waals surface area contributed by atoms with Crippen LogP contribution < -0.4 is 10.8 Å². The summed E-state index contributed by atoms with van der Waals surface area (Å²) in [5.74, 6) is -0.626. The van der Waals surface area contributed by atoms with Gasteiger partial charge in [-0.2, -0.15) is 0 Å². The molecule has 0 saturated carbocycles. The third kappa shape index (κ3) is 1.91. The van der Waals surface area contributed by atoms with Crippen LogP contribution in [0.25, 0.3) is 0 Å². The normalized spacial score (nSPS) is 9.77. The molecule has 13 heavy (non-hydrogen) atoms. The number of benzene rings is 1. The number of amides is 1. The highest BCUT2D eigenvalue weighted by Gasteiger charge is 2.13. The first-order chi connectivity index (χ1) is 6.04. The van der Waals surface area contributed by atoms with Crippen LogP contribution in [0, 0.1) is 0 Å². The van der Waals surface area contributed by atoms with Gasteiger partial charge in [0.05, 0.1) is 16.3 Å². The second-order valence-electron chi connectivity index (χ2n) is 2.52. The van der Waals surface area contributed by atoms with Crippen molar-refractivity contribution >= 4 is 23.2 Å². The third-order valence-corrected chi connectivity index (χ3v) is 1.88. The second-order valence-corrected chi connectivity index (χ2v) is 2.93. The molecule has 0 aromatic heterocycles. The number of anilines is 1. The van der Waals surface area contributed by atoms with Crippen LogP contribution in [0.15, 0.2) is 18.2 Å². The lowest BCUT2D eigenvalue weighted by Gasteiger charge is -2.14. The van der Waals surface area contributed by atoms with Crippen molar-refractivity contribution in [2.24, 2.45) is 5.73 Å². The molecule has 0 spiro atoms. The second kappa shape index (κ2) is 3.64. The summed E-state index contributed by atoms with van der Waals surface area (Å²) in [6.45, 7) is 0. The van der Waals surface area contributed by atoms with Crippen LogP contribution in [0.4, 0.5) is 5.69 Å². The fourth-order valence-corrected chi connectivity index (χ4v) is 1.34. The van der Waals surface area contributed by atoms with Gasteiger partial charge in [-0.05, 0) is 12.1 Å². The zero-order valence-electron chi connectivity index (χ0n) is 6.99. The molecular formula is C8H9ClN2O2. The highest BCUT2D eigenvalue weighted by molar-refractivity contribution is 6.34. The van der Waals surface area contributed by atoms with Gasteiger partial charge in [0.1, 0.15) is 0 Å². The van der Waals surface area contributed by atoms with E-state index in [4.69, 9.17) is 17.3 Å². The number of para-hydroxylation sites is 1. The standard InChI is InChI=1S/C8H9ClN2O2/c1-11(13)7-5(8(10)12)3-2-4-6(7)9/h2-4,13H,1H3,(H2,10,12). The quantitative estimate of drug-likeness (QED) is 0.707. The summed E-state index contributed by atoms with van der Waals surface area (Å²) in [5, 5.41) is 10.2. The molecule has 0 aliphatic carbocycles. The van der Waals surface area contributed by atoms with E-state index in [1.165, 1.54) is 13.1 Å². The Balaban J connectivity index is 3.34. The number of nitrogens with two attached hydrogens (primary N) is 1. The number of hydrogen-bond donors (Lipinski definition) is 2. The minimum Gasteiger partial charge on any atom is -0.366 e. The van der Waals surface area contributed by atoms with Crippen LogP contribution in [0.3, 0.4) is 0 Å². The molecule has 1 rings (SSSR count). The minimum absolute atomic E-state index is 0.192. The lowest BCUT2D eigenvalue weighted by atomic mass is 10.1. The summed E-state index contributed by atoms with van der Waals surface area (Å²) < 4.78 is 0. The summed E-state index contributed by atoms with van der Waals surface area (Å²) in [6, 6.07) is 4.65. The molecule has 3 N–H and O–H groups in total. The van der Waals surface area contributed by atoms with E-state index in [0.717, 1.165) is 5.06 Å². The average molecular weight is 201 g/mol. The first-order valence-electron chi connectivity index (χ1n) is 3.55. The molecular weight excluding hydrogens is 192 g/mol. The first kappa shape index (κ1) is 9.83. The Morgan fingerprint density at radius 3 is 2.62 bits per heavy atom. The van der Waals surface area contributed by atoms with Crippen molar-refractivity contribution in [1.82, 2.24) is 0 Å². The van der Waals surface area contributed by atoms with Crippen molar-refractivity contribution in [3.8, 4) is 0 Å². The van der Waals surface area contributed by atoms with Gasteiger partial charge >= 0.3 is 0 Å². The summed E-state index contributed by atoms with van der Waals surface area (Å²) in [4.78, 5) is 10.9. The largest absolute Gasteiger partial charge is 0.366 e. The van der Waals surface area contributed by atoms with Crippen molar-refractivity contribution in [3.63, 3.8) is 0 Å². The zero-order valence-corrected chi connectivity index (χ0v) is 7.75. The molecule has 1 aromatic rings. The fourth-order valence-electron chi connectivity index (χ4n) is 1.04. The van der Waals surface area contributed by atoms with E-state index >= 15 is 0 Å². The Morgan fingerprint density at radius 2 is 2.23 bits per heavy atom. The van der Waals surface area contributed by atoms with Gasteiger partial charge < -0.3 is 5.73 Å². The lowest BCUT2D eigenvalue weighted by molar-refractivity contribution is 0.0999. The molecule has 0 aliphatic rings. The Bertz CT molecular complexity index is 339. The molecule has 0 radical (unpaired) electrons. The van der Waals surface area contributed by atoms with Gasteiger partial charge in [-0.3, -0.25) is 15.1 Å². The van der Waals surface area contributed by atoms with Gasteiger partial charge in [-0.15, -0.1) is 0 Å². The van der Waals surface area contributed by atoms with Gasteiger partial charge in [0.2, 0.25) is 0 Å². The first-order valence-corrected chi connectivity index (χ1v) is 3.92. The number of nitrogens with zero attached hydrogens (tertiary/aromatic N) is 1. The molecule has 0 saturated heterocycles. The number of carbonyl (C=O) groups is 1. The van der Waals surface area contributed by atoms with Gasteiger partial charge in [0, 0.05) is 7.05 Å². The molecule has 0 fully saturated rings. The van der Waals surface area contributed by atoms with E-state index in [9.17, 15) is 10.0 Å². The Morgan fingerprint density at radius 1 is 1.62 bits per heavy atom. The predicted molar refractivity (Wildman–Crippen MR) is 50.2 cm³/mol. The van der Waals surface area contributed by atoms with Crippen molar-refractivity contribution in [2.45, 2.75) is 0 Å². The molecule has 1 amide bonds. The minimum atomic E-state index is -0.626. The summed E-state index contributed by atoms with van der Waals surface area (Å²) in [7, 11) is 1.37. The summed E-state index contributed by atoms with van der Waals surface area (Å²) in [5.41, 5.74) is 5.50. The molecule has 5 heteroatoms. The maximum absolute atomic E-state index is 10.9. The van der Waals surface area contributed by atoms with Crippen LogP contribution in [-0.2, 0) is 0 Å². The Hall–Kier alpha value is -1.26. The fraction of sp³-hybridized carbons (Fsp3) is 0.125. The molecule has 70 valence electrons. The van der Waals surface area contributed by atoms with Crippen LogP contribution in [0.2, 0.25) is 5.02 Å². The van der Waals surface area contributed by atoms with Crippen molar-refractivity contribution in [3.05, 3.63) is 28.8 Å². The van der Waals surface area contributed by atoms with Crippen LogP contribution in [-0.4, -0.2) is 18.2 Å². The van der Waals surface area contributed by atoms with Crippen LogP contribution >= 0.6 is 11.6 Å². The molecule has 0 atom stereocenters. The molecule has 0 aliphatic heterocycles.